The molecule has 0 aromatic rings. The highest BCUT2D eigenvalue weighted by molar-refractivity contribution is 5.68. The van der Waals surface area contributed by atoms with Crippen molar-refractivity contribution in [2.75, 3.05) is 6.61 Å². The first kappa shape index (κ1) is 17.3. The minimum Gasteiger partial charge on any atom is -0.481 e. The summed E-state index contributed by atoms with van der Waals surface area (Å²) in [5, 5.41) is 15.8. The van der Waals surface area contributed by atoms with Gasteiger partial charge in [-0.15, -0.1) is 0 Å². The lowest BCUT2D eigenvalue weighted by atomic mass is 10.0. The molecule has 0 aliphatic heterocycles. The minimum atomic E-state index is -2.97. The van der Waals surface area contributed by atoms with Crippen LogP contribution >= 0.6 is 0 Å². The Morgan fingerprint density at radius 3 is 2.47 bits per heavy atom. The molecular formula is C12H16F2O5. The number of carbonyl (C=O) groups is 2. The van der Waals surface area contributed by atoms with E-state index in [0.29, 0.717) is 12.8 Å². The zero-order valence-electron chi connectivity index (χ0n) is 10.5. The molecule has 0 spiro atoms. The molecule has 1 unspecified atom stereocenters. The average molecular weight is 278 g/mol. The van der Waals surface area contributed by atoms with E-state index in [9.17, 15) is 13.6 Å². The van der Waals surface area contributed by atoms with Crippen LogP contribution in [0.2, 0.25) is 0 Å². The predicted octanol–water partition coefficient (Wildman–Crippen LogP) is 1.76. The molecule has 0 aromatic carbocycles. The van der Waals surface area contributed by atoms with Crippen LogP contribution < -0.4 is 0 Å². The van der Waals surface area contributed by atoms with Crippen LogP contribution in [0, 0.1) is 11.8 Å². The number of alkyl halides is 2. The van der Waals surface area contributed by atoms with E-state index in [0.717, 1.165) is 6.92 Å². The molecule has 0 bridgehead atoms. The Morgan fingerprint density at radius 1 is 1.37 bits per heavy atom. The van der Waals surface area contributed by atoms with Crippen molar-refractivity contribution < 1.29 is 33.3 Å². The second-order valence-corrected chi connectivity index (χ2v) is 3.93. The average Bonchev–Trinajstić information content (AvgIpc) is 2.23. The van der Waals surface area contributed by atoms with Gasteiger partial charge in [0.25, 0.3) is 5.97 Å². The Kier molecular flexibility index (Phi) is 7.68. The van der Waals surface area contributed by atoms with Crippen LogP contribution in [0.1, 0.15) is 32.6 Å². The molecule has 1 aliphatic rings. The second-order valence-electron chi connectivity index (χ2n) is 3.93. The van der Waals surface area contributed by atoms with Gasteiger partial charge >= 0.3 is 11.9 Å². The molecule has 0 aromatic heterocycles. The molecule has 0 radical (unpaired) electrons. The molecule has 1 atom stereocenters. The Balaban J connectivity index is 0.000000711. The third-order valence-corrected chi connectivity index (χ3v) is 2.09. The lowest BCUT2D eigenvalue weighted by Gasteiger charge is -2.19. The van der Waals surface area contributed by atoms with Crippen molar-refractivity contribution in [1.29, 1.82) is 0 Å². The molecule has 1 rings (SSSR count). The van der Waals surface area contributed by atoms with Gasteiger partial charge in [-0.3, -0.25) is 4.79 Å². The molecule has 108 valence electrons. The van der Waals surface area contributed by atoms with Crippen molar-refractivity contribution >= 4 is 11.9 Å². The standard InChI is InChI=1S/C10H12F2O3.C2H4O2/c11-10(12)5-2-1-3-8(4-6-10)15-7-9(13)14;1-2(3)4/h8H,1,3-4,6-7H2,(H,13,14);1H3,(H,3,4). The Labute approximate surface area is 109 Å². The highest BCUT2D eigenvalue weighted by atomic mass is 19.3. The van der Waals surface area contributed by atoms with Crippen LogP contribution in [-0.4, -0.2) is 40.8 Å². The topological polar surface area (TPSA) is 83.8 Å². The fourth-order valence-corrected chi connectivity index (χ4v) is 1.33. The monoisotopic (exact) mass is 278 g/mol. The Morgan fingerprint density at radius 2 is 1.95 bits per heavy atom. The molecule has 2 N–H and O–H groups in total. The van der Waals surface area contributed by atoms with E-state index in [1.807, 2.05) is 5.92 Å². The maximum Gasteiger partial charge on any atom is 0.329 e. The number of carboxylic acids is 2. The van der Waals surface area contributed by atoms with Crippen molar-refractivity contribution in [2.45, 2.75) is 44.6 Å². The van der Waals surface area contributed by atoms with E-state index >= 15 is 0 Å². The number of aliphatic carboxylic acids is 2. The minimum absolute atomic E-state index is 0.148. The zero-order valence-corrected chi connectivity index (χ0v) is 10.5. The summed E-state index contributed by atoms with van der Waals surface area (Å²) in [7, 11) is 0. The van der Waals surface area contributed by atoms with Gasteiger partial charge in [-0.05, 0) is 18.8 Å². The molecular weight excluding hydrogens is 262 g/mol. The van der Waals surface area contributed by atoms with E-state index in [2.05, 4.69) is 5.92 Å². The first-order chi connectivity index (χ1) is 8.73. The summed E-state index contributed by atoms with van der Waals surface area (Å²) >= 11 is 0. The third-order valence-electron chi connectivity index (χ3n) is 2.09. The number of ether oxygens (including phenoxy) is 1. The molecule has 1 aliphatic carbocycles. The number of hydrogen-bond acceptors (Lipinski definition) is 3. The Hall–Kier alpha value is -1.68. The molecule has 0 saturated carbocycles. The first-order valence-corrected chi connectivity index (χ1v) is 5.63. The van der Waals surface area contributed by atoms with Crippen molar-refractivity contribution in [2.24, 2.45) is 0 Å². The van der Waals surface area contributed by atoms with Crippen molar-refractivity contribution in [1.82, 2.24) is 0 Å². The summed E-state index contributed by atoms with van der Waals surface area (Å²) in [6.07, 6.45) is 0.178. The summed E-state index contributed by atoms with van der Waals surface area (Å²) < 4.78 is 30.7. The van der Waals surface area contributed by atoms with Crippen LogP contribution in [0.4, 0.5) is 8.78 Å². The van der Waals surface area contributed by atoms with Gasteiger partial charge in [0, 0.05) is 19.8 Å². The third kappa shape index (κ3) is 11.2. The van der Waals surface area contributed by atoms with Gasteiger partial charge in [0.1, 0.15) is 6.61 Å². The maximum atomic E-state index is 12.9. The van der Waals surface area contributed by atoms with Crippen LogP contribution in [0.15, 0.2) is 0 Å². The number of halogens is 2. The zero-order chi connectivity index (χ0) is 14.9. The lowest BCUT2D eigenvalue weighted by molar-refractivity contribution is -0.144. The van der Waals surface area contributed by atoms with Crippen LogP contribution in [0.3, 0.4) is 0 Å². The van der Waals surface area contributed by atoms with Crippen LogP contribution in [0.25, 0.3) is 0 Å². The highest BCUT2D eigenvalue weighted by Gasteiger charge is 2.28. The van der Waals surface area contributed by atoms with Crippen LogP contribution in [-0.2, 0) is 14.3 Å². The van der Waals surface area contributed by atoms with Gasteiger partial charge in [0.15, 0.2) is 0 Å². The van der Waals surface area contributed by atoms with E-state index in [1.165, 1.54) is 0 Å². The van der Waals surface area contributed by atoms with Gasteiger partial charge in [-0.2, -0.15) is 8.78 Å². The second kappa shape index (κ2) is 8.43. The van der Waals surface area contributed by atoms with Crippen LogP contribution in [0.5, 0.6) is 0 Å². The maximum absolute atomic E-state index is 12.9. The largest absolute Gasteiger partial charge is 0.481 e. The summed E-state index contributed by atoms with van der Waals surface area (Å²) in [6.45, 7) is 0.643. The quantitative estimate of drug-likeness (QED) is 0.768. The molecule has 0 amide bonds. The first-order valence-electron chi connectivity index (χ1n) is 5.63. The smallest absolute Gasteiger partial charge is 0.329 e. The van der Waals surface area contributed by atoms with E-state index in [-0.39, 0.29) is 12.8 Å². The SMILES string of the molecule is CC(=O)O.O=C(O)COC1CCC#CC(F)(F)CC1. The van der Waals surface area contributed by atoms with Crippen molar-refractivity contribution in [3.8, 4) is 11.8 Å². The van der Waals surface area contributed by atoms with E-state index in [1.54, 1.807) is 0 Å². The summed E-state index contributed by atoms with van der Waals surface area (Å²) in [5.41, 5.74) is 0. The lowest BCUT2D eigenvalue weighted by Crippen LogP contribution is -2.23. The fraction of sp³-hybridized carbons (Fsp3) is 0.667. The van der Waals surface area contributed by atoms with Gasteiger partial charge in [0.2, 0.25) is 0 Å². The Bertz CT molecular complexity index is 366. The molecule has 0 heterocycles. The van der Waals surface area contributed by atoms with E-state index in [4.69, 9.17) is 19.7 Å². The molecule has 0 saturated heterocycles. The number of carboxylic acid groups (broad SMARTS) is 2. The predicted molar refractivity (Wildman–Crippen MR) is 61.9 cm³/mol. The summed E-state index contributed by atoms with van der Waals surface area (Å²) in [4.78, 5) is 19.2. The molecule has 5 nitrogen and oxygen atoms in total. The molecule has 19 heavy (non-hydrogen) atoms. The number of rotatable bonds is 3. The van der Waals surface area contributed by atoms with Gasteiger partial charge in [0.05, 0.1) is 6.10 Å². The van der Waals surface area contributed by atoms with Crippen molar-refractivity contribution in [3.63, 3.8) is 0 Å². The highest BCUT2D eigenvalue weighted by Crippen LogP contribution is 2.24. The molecule has 7 heteroatoms. The van der Waals surface area contributed by atoms with Gasteiger partial charge in [-0.25, -0.2) is 4.79 Å². The summed E-state index contributed by atoms with van der Waals surface area (Å²) in [6, 6.07) is 0. The van der Waals surface area contributed by atoms with Gasteiger partial charge in [-0.1, -0.05) is 5.92 Å². The number of hydrogen-bond donors (Lipinski definition) is 2. The fourth-order valence-electron chi connectivity index (χ4n) is 1.33. The van der Waals surface area contributed by atoms with Gasteiger partial charge < -0.3 is 14.9 Å². The summed E-state index contributed by atoms with van der Waals surface area (Å²) in [5.74, 6) is -0.630. The molecule has 0 fully saturated rings. The normalized spacial score (nSPS) is 20.7. The van der Waals surface area contributed by atoms with E-state index < -0.39 is 30.6 Å². The van der Waals surface area contributed by atoms with Crippen molar-refractivity contribution in [3.05, 3.63) is 0 Å².